The Labute approximate surface area is 125 Å². The smallest absolute Gasteiger partial charge is 0.243 e. The molecule has 1 fully saturated rings. The normalized spacial score (nSPS) is 20.6. The van der Waals surface area contributed by atoms with Gasteiger partial charge >= 0.3 is 0 Å². The van der Waals surface area contributed by atoms with E-state index in [1.54, 1.807) is 4.52 Å². The maximum Gasteiger partial charge on any atom is 0.243 e. The molecule has 0 bridgehead atoms. The molecule has 0 atom stereocenters. The summed E-state index contributed by atoms with van der Waals surface area (Å²) in [5, 5.41) is 18.2. The Hall–Kier alpha value is -1.62. The first-order valence-corrected chi connectivity index (χ1v) is 7.65. The van der Waals surface area contributed by atoms with E-state index in [0.29, 0.717) is 17.9 Å². The second-order valence-electron chi connectivity index (χ2n) is 7.18. The Morgan fingerprint density at radius 2 is 2.00 bits per heavy atom. The molecule has 1 saturated carbocycles. The first-order valence-electron chi connectivity index (χ1n) is 7.65. The lowest BCUT2D eigenvalue weighted by Gasteiger charge is -2.40. The lowest BCUT2D eigenvalue weighted by Crippen LogP contribution is -2.42. The number of pyridine rings is 1. The van der Waals surface area contributed by atoms with Crippen LogP contribution in [-0.4, -0.2) is 31.9 Å². The first-order chi connectivity index (χ1) is 9.85. The van der Waals surface area contributed by atoms with Crippen LogP contribution >= 0.6 is 0 Å². The third-order valence-electron chi connectivity index (χ3n) is 4.60. The maximum absolute atomic E-state index is 10.7. The molecule has 5 heteroatoms. The summed E-state index contributed by atoms with van der Waals surface area (Å²) in [5.74, 6) is 0.582. The van der Waals surface area contributed by atoms with E-state index in [4.69, 9.17) is 0 Å². The van der Waals surface area contributed by atoms with Crippen LogP contribution in [0.4, 0.5) is 5.95 Å². The molecular formula is C16H24N4O. The summed E-state index contributed by atoms with van der Waals surface area (Å²) in [7, 11) is 0. The van der Waals surface area contributed by atoms with E-state index in [1.165, 1.54) is 0 Å². The second kappa shape index (κ2) is 4.98. The standard InChI is InChI=1S/C16H24N4O/c1-12-4-9-20-13(10-12)18-14(19-20)17-11-16(21)7-5-15(2,3)6-8-16/h4,9-10,21H,5-8,11H2,1-3H3,(H,17,19). The molecule has 21 heavy (non-hydrogen) atoms. The van der Waals surface area contributed by atoms with Gasteiger partial charge in [-0.05, 0) is 55.7 Å². The highest BCUT2D eigenvalue weighted by Crippen LogP contribution is 2.40. The van der Waals surface area contributed by atoms with Gasteiger partial charge in [-0.1, -0.05) is 13.8 Å². The number of nitrogens with zero attached hydrogens (tertiary/aromatic N) is 3. The van der Waals surface area contributed by atoms with E-state index in [0.717, 1.165) is 36.9 Å². The molecule has 2 heterocycles. The van der Waals surface area contributed by atoms with E-state index >= 15 is 0 Å². The number of aryl methyl sites for hydroxylation is 1. The van der Waals surface area contributed by atoms with E-state index < -0.39 is 5.60 Å². The van der Waals surface area contributed by atoms with Gasteiger partial charge < -0.3 is 10.4 Å². The van der Waals surface area contributed by atoms with Crippen molar-refractivity contribution >= 4 is 11.6 Å². The molecule has 3 rings (SSSR count). The molecule has 1 aliphatic rings. The minimum absolute atomic E-state index is 0.352. The highest BCUT2D eigenvalue weighted by Gasteiger charge is 2.36. The lowest BCUT2D eigenvalue weighted by molar-refractivity contribution is -0.0146. The van der Waals surface area contributed by atoms with Gasteiger partial charge in [0.05, 0.1) is 5.60 Å². The molecule has 0 radical (unpaired) electrons. The third kappa shape index (κ3) is 3.18. The van der Waals surface area contributed by atoms with Crippen molar-refractivity contribution in [3.8, 4) is 0 Å². The molecule has 0 aromatic carbocycles. The quantitative estimate of drug-likeness (QED) is 0.911. The number of anilines is 1. The van der Waals surface area contributed by atoms with Crippen LogP contribution in [0.2, 0.25) is 0 Å². The fourth-order valence-corrected chi connectivity index (χ4v) is 2.87. The van der Waals surface area contributed by atoms with Crippen molar-refractivity contribution in [2.45, 2.75) is 52.1 Å². The van der Waals surface area contributed by atoms with Crippen LogP contribution in [0.3, 0.4) is 0 Å². The summed E-state index contributed by atoms with van der Waals surface area (Å²) in [4.78, 5) is 4.45. The number of rotatable bonds is 3. The predicted octanol–water partition coefficient (Wildman–Crippen LogP) is 2.78. The first kappa shape index (κ1) is 14.3. The Bertz CT molecular complexity index is 637. The van der Waals surface area contributed by atoms with Crippen LogP contribution in [0.1, 0.15) is 45.1 Å². The van der Waals surface area contributed by atoms with Crippen molar-refractivity contribution in [3.05, 3.63) is 23.9 Å². The molecule has 5 nitrogen and oxygen atoms in total. The molecule has 0 saturated heterocycles. The summed E-state index contributed by atoms with van der Waals surface area (Å²) in [6, 6.07) is 4.00. The molecule has 2 aromatic rings. The molecule has 2 aromatic heterocycles. The van der Waals surface area contributed by atoms with Crippen LogP contribution < -0.4 is 5.32 Å². The SMILES string of the molecule is Cc1ccn2nc(NCC3(O)CCC(C)(C)CC3)nc2c1. The molecule has 0 spiro atoms. The number of hydrogen-bond acceptors (Lipinski definition) is 4. The highest BCUT2D eigenvalue weighted by atomic mass is 16.3. The number of fused-ring (bicyclic) bond motifs is 1. The van der Waals surface area contributed by atoms with Gasteiger partial charge in [0.2, 0.25) is 5.95 Å². The number of aromatic nitrogens is 3. The summed E-state index contributed by atoms with van der Waals surface area (Å²) in [6.45, 7) is 7.09. The zero-order valence-corrected chi connectivity index (χ0v) is 13.1. The second-order valence-corrected chi connectivity index (χ2v) is 7.18. The van der Waals surface area contributed by atoms with E-state index in [-0.39, 0.29) is 0 Å². The van der Waals surface area contributed by atoms with Gasteiger partial charge in [-0.15, -0.1) is 5.10 Å². The molecule has 114 valence electrons. The maximum atomic E-state index is 10.7. The van der Waals surface area contributed by atoms with Gasteiger partial charge in [-0.25, -0.2) is 4.52 Å². The van der Waals surface area contributed by atoms with Crippen LogP contribution in [0, 0.1) is 12.3 Å². The average molecular weight is 288 g/mol. The highest BCUT2D eigenvalue weighted by molar-refractivity contribution is 5.45. The van der Waals surface area contributed by atoms with Gasteiger partial charge in [0.1, 0.15) is 0 Å². The number of hydrogen-bond donors (Lipinski definition) is 2. The number of nitrogens with one attached hydrogen (secondary N) is 1. The van der Waals surface area contributed by atoms with Gasteiger partial charge in [0.25, 0.3) is 0 Å². The summed E-state index contributed by atoms with van der Waals surface area (Å²) in [6.07, 6.45) is 5.69. The Balaban J connectivity index is 1.66. The Kier molecular flexibility index (Phi) is 3.40. The van der Waals surface area contributed by atoms with Crippen molar-refractivity contribution in [2.24, 2.45) is 5.41 Å². The van der Waals surface area contributed by atoms with Crippen LogP contribution in [0.5, 0.6) is 0 Å². The van der Waals surface area contributed by atoms with Crippen LogP contribution in [0.25, 0.3) is 5.65 Å². The summed E-state index contributed by atoms with van der Waals surface area (Å²) in [5.41, 5.74) is 1.71. The fraction of sp³-hybridized carbons (Fsp3) is 0.625. The van der Waals surface area contributed by atoms with Gasteiger partial charge in [0.15, 0.2) is 5.65 Å². The van der Waals surface area contributed by atoms with Gasteiger partial charge in [-0.3, -0.25) is 0 Å². The largest absolute Gasteiger partial charge is 0.388 e. The van der Waals surface area contributed by atoms with E-state index in [2.05, 4.69) is 29.2 Å². The van der Waals surface area contributed by atoms with Crippen LogP contribution in [-0.2, 0) is 0 Å². The van der Waals surface area contributed by atoms with E-state index in [1.807, 2.05) is 25.3 Å². The Morgan fingerprint density at radius 1 is 1.29 bits per heavy atom. The lowest BCUT2D eigenvalue weighted by atomic mass is 9.71. The molecule has 2 N–H and O–H groups in total. The number of aliphatic hydroxyl groups is 1. The molecule has 1 aliphatic carbocycles. The zero-order valence-electron chi connectivity index (χ0n) is 13.1. The van der Waals surface area contributed by atoms with Gasteiger partial charge in [-0.2, -0.15) is 4.98 Å². The van der Waals surface area contributed by atoms with Crippen molar-refractivity contribution < 1.29 is 5.11 Å². The topological polar surface area (TPSA) is 62.5 Å². The van der Waals surface area contributed by atoms with Crippen molar-refractivity contribution in [2.75, 3.05) is 11.9 Å². The minimum Gasteiger partial charge on any atom is -0.388 e. The Morgan fingerprint density at radius 3 is 2.71 bits per heavy atom. The summed E-state index contributed by atoms with van der Waals surface area (Å²) < 4.78 is 1.75. The molecular weight excluding hydrogens is 264 g/mol. The monoisotopic (exact) mass is 288 g/mol. The molecule has 0 aliphatic heterocycles. The fourth-order valence-electron chi connectivity index (χ4n) is 2.87. The molecule has 0 amide bonds. The third-order valence-corrected chi connectivity index (χ3v) is 4.60. The summed E-state index contributed by atoms with van der Waals surface area (Å²) >= 11 is 0. The van der Waals surface area contributed by atoms with Crippen molar-refractivity contribution in [1.29, 1.82) is 0 Å². The van der Waals surface area contributed by atoms with Crippen molar-refractivity contribution in [3.63, 3.8) is 0 Å². The van der Waals surface area contributed by atoms with E-state index in [9.17, 15) is 5.11 Å². The van der Waals surface area contributed by atoms with Crippen molar-refractivity contribution in [1.82, 2.24) is 14.6 Å². The predicted molar refractivity (Wildman–Crippen MR) is 83.4 cm³/mol. The minimum atomic E-state index is -0.636. The van der Waals surface area contributed by atoms with Gasteiger partial charge in [0, 0.05) is 12.7 Å². The zero-order chi connectivity index (χ0) is 15.1. The van der Waals surface area contributed by atoms with Crippen LogP contribution in [0.15, 0.2) is 18.3 Å². The average Bonchev–Trinajstić information content (AvgIpc) is 2.83. The molecule has 0 unspecified atom stereocenters.